The third-order valence-corrected chi connectivity index (χ3v) is 5.74. The Kier molecular flexibility index (Phi) is 5.53. The number of anilines is 1. The number of amides is 2. The van der Waals surface area contributed by atoms with Crippen LogP contribution in [0.15, 0.2) is 42.5 Å². The molecule has 0 spiro atoms. The van der Waals surface area contributed by atoms with Gasteiger partial charge in [0.1, 0.15) is 5.75 Å². The normalized spacial score (nSPS) is 21.0. The van der Waals surface area contributed by atoms with E-state index >= 15 is 0 Å². The van der Waals surface area contributed by atoms with Crippen molar-refractivity contribution in [3.05, 3.63) is 59.2 Å². The first-order valence-electron chi connectivity index (χ1n) is 10.2. The maximum atomic E-state index is 13.2. The highest BCUT2D eigenvalue weighted by molar-refractivity contribution is 6.11. The summed E-state index contributed by atoms with van der Waals surface area (Å²) in [6.07, 6.45) is 3.05. The highest BCUT2D eigenvalue weighted by Gasteiger charge is 2.38. The number of nitrogens with zero attached hydrogens (tertiary/aromatic N) is 1. The molecule has 29 heavy (non-hydrogen) atoms. The Hall–Kier alpha value is -2.86. The van der Waals surface area contributed by atoms with Crippen LogP contribution in [0.25, 0.3) is 0 Å². The van der Waals surface area contributed by atoms with Crippen LogP contribution < -0.4 is 10.1 Å². The van der Waals surface area contributed by atoms with Crippen LogP contribution in [0, 0.1) is 0 Å². The SMILES string of the molecule is CCOc1ccccc1C(=O)Nc1cccc2c1C(=O)N([C@@H]1CCCC[C@@H]1O)C2. The van der Waals surface area contributed by atoms with Crippen LogP contribution in [-0.2, 0) is 6.54 Å². The minimum atomic E-state index is -0.488. The lowest BCUT2D eigenvalue weighted by molar-refractivity contribution is 0.0191. The van der Waals surface area contributed by atoms with E-state index in [1.165, 1.54) is 0 Å². The molecule has 0 bridgehead atoms. The molecule has 2 aromatic carbocycles. The molecule has 2 aromatic rings. The number of aliphatic hydroxyl groups excluding tert-OH is 1. The third-order valence-electron chi connectivity index (χ3n) is 5.74. The summed E-state index contributed by atoms with van der Waals surface area (Å²) in [4.78, 5) is 27.8. The number of hydrogen-bond donors (Lipinski definition) is 2. The summed E-state index contributed by atoms with van der Waals surface area (Å²) in [5, 5.41) is 13.3. The van der Waals surface area contributed by atoms with Gasteiger partial charge in [-0.1, -0.05) is 37.1 Å². The fourth-order valence-electron chi connectivity index (χ4n) is 4.34. The number of aliphatic hydroxyl groups is 1. The smallest absolute Gasteiger partial charge is 0.259 e. The molecule has 2 atom stereocenters. The Balaban J connectivity index is 1.59. The number of fused-ring (bicyclic) bond motifs is 1. The average molecular weight is 394 g/mol. The van der Waals surface area contributed by atoms with Crippen molar-refractivity contribution >= 4 is 17.5 Å². The van der Waals surface area contributed by atoms with Gasteiger partial charge in [0.2, 0.25) is 0 Å². The average Bonchev–Trinajstić information content (AvgIpc) is 3.06. The first kappa shape index (κ1) is 19.5. The highest BCUT2D eigenvalue weighted by atomic mass is 16.5. The summed E-state index contributed by atoms with van der Waals surface area (Å²) >= 11 is 0. The minimum Gasteiger partial charge on any atom is -0.493 e. The first-order chi connectivity index (χ1) is 14.1. The summed E-state index contributed by atoms with van der Waals surface area (Å²) in [6.45, 7) is 2.79. The first-order valence-corrected chi connectivity index (χ1v) is 10.2. The highest BCUT2D eigenvalue weighted by Crippen LogP contribution is 2.35. The van der Waals surface area contributed by atoms with Gasteiger partial charge in [0.25, 0.3) is 11.8 Å². The predicted molar refractivity (Wildman–Crippen MR) is 110 cm³/mol. The van der Waals surface area contributed by atoms with Crippen LogP contribution in [0.2, 0.25) is 0 Å². The van der Waals surface area contributed by atoms with Gasteiger partial charge in [0, 0.05) is 6.54 Å². The molecule has 1 aliphatic heterocycles. The van der Waals surface area contributed by atoms with Crippen molar-refractivity contribution in [3.8, 4) is 5.75 Å². The molecule has 6 heteroatoms. The summed E-state index contributed by atoms with van der Waals surface area (Å²) in [6, 6.07) is 12.4. The van der Waals surface area contributed by atoms with E-state index in [0.717, 1.165) is 31.2 Å². The van der Waals surface area contributed by atoms with E-state index in [2.05, 4.69) is 5.32 Å². The molecule has 1 fully saturated rings. The van der Waals surface area contributed by atoms with E-state index in [1.807, 2.05) is 25.1 Å². The summed E-state index contributed by atoms with van der Waals surface area (Å²) in [5.41, 5.74) is 2.32. The Morgan fingerprint density at radius 3 is 2.76 bits per heavy atom. The fraction of sp³-hybridized carbons (Fsp3) is 0.391. The molecule has 0 saturated heterocycles. The van der Waals surface area contributed by atoms with Crippen molar-refractivity contribution in [2.45, 2.75) is 51.3 Å². The molecule has 2 N–H and O–H groups in total. The zero-order chi connectivity index (χ0) is 20.4. The molecular formula is C23H26N2O4. The summed E-state index contributed by atoms with van der Waals surface area (Å²) in [7, 11) is 0. The molecule has 0 unspecified atom stereocenters. The lowest BCUT2D eigenvalue weighted by Gasteiger charge is -2.35. The Labute approximate surface area is 170 Å². The van der Waals surface area contributed by atoms with Crippen molar-refractivity contribution in [1.82, 2.24) is 4.90 Å². The van der Waals surface area contributed by atoms with E-state index < -0.39 is 6.10 Å². The maximum Gasteiger partial charge on any atom is 0.259 e. The van der Waals surface area contributed by atoms with Gasteiger partial charge < -0.3 is 20.1 Å². The van der Waals surface area contributed by atoms with Crippen LogP contribution in [0.1, 0.15) is 58.9 Å². The van der Waals surface area contributed by atoms with Crippen molar-refractivity contribution in [1.29, 1.82) is 0 Å². The van der Waals surface area contributed by atoms with E-state index in [1.54, 1.807) is 29.2 Å². The van der Waals surface area contributed by atoms with Gasteiger partial charge in [-0.2, -0.15) is 0 Å². The number of ether oxygens (including phenoxy) is 1. The van der Waals surface area contributed by atoms with E-state index in [0.29, 0.717) is 35.7 Å². The molecule has 0 radical (unpaired) electrons. The van der Waals surface area contributed by atoms with Crippen LogP contribution in [0.3, 0.4) is 0 Å². The topological polar surface area (TPSA) is 78.9 Å². The largest absolute Gasteiger partial charge is 0.493 e. The van der Waals surface area contributed by atoms with Crippen LogP contribution >= 0.6 is 0 Å². The van der Waals surface area contributed by atoms with Crippen molar-refractivity contribution in [2.24, 2.45) is 0 Å². The quantitative estimate of drug-likeness (QED) is 0.812. The molecule has 4 rings (SSSR count). The Morgan fingerprint density at radius 1 is 1.17 bits per heavy atom. The molecule has 0 aromatic heterocycles. The number of rotatable bonds is 5. The fourth-order valence-corrected chi connectivity index (χ4v) is 4.34. The molecular weight excluding hydrogens is 368 g/mol. The molecule has 152 valence electrons. The van der Waals surface area contributed by atoms with Crippen molar-refractivity contribution < 1.29 is 19.4 Å². The molecule has 1 saturated carbocycles. The van der Waals surface area contributed by atoms with Gasteiger partial charge in [-0.25, -0.2) is 0 Å². The van der Waals surface area contributed by atoms with Gasteiger partial charge in [-0.05, 0) is 43.5 Å². The third kappa shape index (κ3) is 3.72. The minimum absolute atomic E-state index is 0.125. The van der Waals surface area contributed by atoms with Crippen LogP contribution in [-0.4, -0.2) is 40.6 Å². The molecule has 2 amide bonds. The second kappa shape index (κ2) is 8.25. The van der Waals surface area contributed by atoms with Crippen molar-refractivity contribution in [3.63, 3.8) is 0 Å². The van der Waals surface area contributed by atoms with Gasteiger partial charge in [-0.15, -0.1) is 0 Å². The van der Waals surface area contributed by atoms with Gasteiger partial charge >= 0.3 is 0 Å². The number of carbonyl (C=O) groups is 2. The van der Waals surface area contributed by atoms with Crippen LogP contribution in [0.5, 0.6) is 5.75 Å². The summed E-state index contributed by atoms with van der Waals surface area (Å²) in [5.74, 6) is 0.0738. The number of hydrogen-bond acceptors (Lipinski definition) is 4. The maximum absolute atomic E-state index is 13.2. The molecule has 1 heterocycles. The standard InChI is InChI=1S/C23H26N2O4/c1-2-29-20-13-6-3-9-16(20)22(27)24-17-10-7-8-15-14-25(23(28)21(15)17)18-11-4-5-12-19(18)26/h3,6-10,13,18-19,26H,2,4-5,11-12,14H2,1H3,(H,24,27)/t18-,19+/m1/s1. The number of carbonyl (C=O) groups excluding carboxylic acids is 2. The van der Waals surface area contributed by atoms with Crippen LogP contribution in [0.4, 0.5) is 5.69 Å². The van der Waals surface area contributed by atoms with Gasteiger partial charge in [0.05, 0.1) is 35.6 Å². The van der Waals surface area contributed by atoms with E-state index in [9.17, 15) is 14.7 Å². The number of para-hydroxylation sites is 1. The second-order valence-corrected chi connectivity index (χ2v) is 7.58. The number of nitrogens with one attached hydrogen (secondary N) is 1. The lowest BCUT2D eigenvalue weighted by atomic mass is 9.91. The molecule has 1 aliphatic carbocycles. The van der Waals surface area contributed by atoms with Gasteiger partial charge in [-0.3, -0.25) is 9.59 Å². The lowest BCUT2D eigenvalue weighted by Crippen LogP contribution is -2.45. The predicted octanol–water partition coefficient (Wildman–Crippen LogP) is 3.60. The molecule has 2 aliphatic rings. The number of benzene rings is 2. The monoisotopic (exact) mass is 394 g/mol. The van der Waals surface area contributed by atoms with E-state index in [-0.39, 0.29) is 17.9 Å². The van der Waals surface area contributed by atoms with Crippen molar-refractivity contribution in [2.75, 3.05) is 11.9 Å². The Bertz CT molecular complexity index is 927. The second-order valence-electron chi connectivity index (χ2n) is 7.58. The molecule has 6 nitrogen and oxygen atoms in total. The van der Waals surface area contributed by atoms with E-state index in [4.69, 9.17) is 4.74 Å². The zero-order valence-electron chi connectivity index (χ0n) is 16.6. The summed E-state index contributed by atoms with van der Waals surface area (Å²) < 4.78 is 5.55. The zero-order valence-corrected chi connectivity index (χ0v) is 16.6. The van der Waals surface area contributed by atoms with Gasteiger partial charge in [0.15, 0.2) is 0 Å². The Morgan fingerprint density at radius 2 is 1.97 bits per heavy atom.